The first-order chi connectivity index (χ1) is 17.2. The number of aromatic carboxylic acids is 1. The molecule has 0 atom stereocenters. The first-order valence-electron chi connectivity index (χ1n) is 11.2. The number of ether oxygens (including phenoxy) is 1. The van der Waals surface area contributed by atoms with Crippen LogP contribution in [0.2, 0.25) is 0 Å². The molecule has 0 saturated carbocycles. The van der Waals surface area contributed by atoms with Crippen LogP contribution in [0.25, 0.3) is 6.08 Å². The van der Waals surface area contributed by atoms with E-state index in [0.717, 1.165) is 41.5 Å². The quantitative estimate of drug-likeness (QED) is 0.398. The molecule has 36 heavy (non-hydrogen) atoms. The van der Waals surface area contributed by atoms with Crippen molar-refractivity contribution in [2.45, 2.75) is 25.9 Å². The lowest BCUT2D eigenvalue weighted by atomic mass is 10.1. The topological polar surface area (TPSA) is 104 Å². The predicted octanol–water partition coefficient (Wildman–Crippen LogP) is 5.54. The van der Waals surface area contributed by atoms with E-state index in [1.54, 1.807) is 35.2 Å². The molecular formula is C25H22Br2N2O6S. The molecule has 2 heterocycles. The van der Waals surface area contributed by atoms with Gasteiger partial charge in [0, 0.05) is 13.1 Å². The van der Waals surface area contributed by atoms with E-state index in [2.05, 4.69) is 31.9 Å². The van der Waals surface area contributed by atoms with Crippen LogP contribution >= 0.6 is 43.6 Å². The zero-order valence-electron chi connectivity index (χ0n) is 19.0. The molecule has 0 aliphatic carbocycles. The van der Waals surface area contributed by atoms with Crippen LogP contribution in [0.15, 0.2) is 50.2 Å². The highest BCUT2D eigenvalue weighted by molar-refractivity contribution is 9.11. The van der Waals surface area contributed by atoms with Crippen molar-refractivity contribution in [2.75, 3.05) is 19.6 Å². The maximum absolute atomic E-state index is 12.9. The van der Waals surface area contributed by atoms with Crippen molar-refractivity contribution in [3.63, 3.8) is 0 Å². The largest absolute Gasteiger partial charge is 0.487 e. The van der Waals surface area contributed by atoms with Gasteiger partial charge < -0.3 is 14.7 Å². The Hall–Kier alpha value is -2.63. The molecule has 2 aromatic rings. The van der Waals surface area contributed by atoms with Crippen molar-refractivity contribution in [1.82, 2.24) is 9.80 Å². The van der Waals surface area contributed by atoms with Gasteiger partial charge in [-0.05, 0) is 104 Å². The van der Waals surface area contributed by atoms with Gasteiger partial charge >= 0.3 is 5.97 Å². The van der Waals surface area contributed by atoms with Crippen molar-refractivity contribution < 1.29 is 29.0 Å². The molecule has 0 radical (unpaired) electrons. The monoisotopic (exact) mass is 636 g/mol. The third-order valence-corrected chi connectivity index (χ3v) is 7.86. The predicted molar refractivity (Wildman–Crippen MR) is 143 cm³/mol. The second-order valence-electron chi connectivity index (χ2n) is 8.31. The van der Waals surface area contributed by atoms with Crippen LogP contribution in [0.4, 0.5) is 4.79 Å². The van der Waals surface area contributed by atoms with Gasteiger partial charge in [-0.3, -0.25) is 19.3 Å². The standard InChI is InChI=1S/C25H22Br2N2O6S/c26-18-10-16(11-19(27)22(18)35-14-15-4-6-17(7-5-15)24(32)33)12-20-23(31)29(25(34)36-20)13-21(30)28-8-2-1-3-9-28/h4-7,10-12H,1-3,8-9,13-14H2,(H,32,33)/b20-12-. The number of piperidine rings is 1. The van der Waals surface area contributed by atoms with Crippen LogP contribution in [0.3, 0.4) is 0 Å². The van der Waals surface area contributed by atoms with Crippen molar-refractivity contribution in [2.24, 2.45) is 0 Å². The van der Waals surface area contributed by atoms with Gasteiger partial charge in [-0.1, -0.05) is 12.1 Å². The molecule has 8 nitrogen and oxygen atoms in total. The van der Waals surface area contributed by atoms with Crippen LogP contribution in [0.5, 0.6) is 5.75 Å². The van der Waals surface area contributed by atoms with Gasteiger partial charge in [0.05, 0.1) is 19.4 Å². The van der Waals surface area contributed by atoms with Gasteiger partial charge in [0.2, 0.25) is 5.91 Å². The molecule has 1 N–H and O–H groups in total. The number of carbonyl (C=O) groups excluding carboxylic acids is 3. The number of carboxylic acid groups (broad SMARTS) is 1. The molecule has 2 fully saturated rings. The Morgan fingerprint density at radius 2 is 1.67 bits per heavy atom. The number of carboxylic acids is 1. The first kappa shape index (κ1) is 26.4. The fraction of sp³-hybridized carbons (Fsp3) is 0.280. The van der Waals surface area contributed by atoms with E-state index in [1.165, 1.54) is 12.1 Å². The number of nitrogens with zero attached hydrogens (tertiary/aromatic N) is 2. The third kappa shape index (κ3) is 6.19. The van der Waals surface area contributed by atoms with Gasteiger partial charge in [-0.2, -0.15) is 0 Å². The van der Waals surface area contributed by atoms with Gasteiger partial charge in [-0.25, -0.2) is 4.79 Å². The molecule has 11 heteroatoms. The fourth-order valence-electron chi connectivity index (χ4n) is 3.87. The summed E-state index contributed by atoms with van der Waals surface area (Å²) >= 11 is 7.79. The van der Waals surface area contributed by atoms with Crippen LogP contribution < -0.4 is 4.74 Å². The van der Waals surface area contributed by atoms with E-state index in [-0.39, 0.29) is 29.5 Å². The second kappa shape index (κ2) is 11.6. The number of thioether (sulfide) groups is 1. The third-order valence-electron chi connectivity index (χ3n) is 5.78. The number of hydrogen-bond acceptors (Lipinski definition) is 6. The smallest absolute Gasteiger partial charge is 0.335 e. The van der Waals surface area contributed by atoms with Gasteiger partial charge in [-0.15, -0.1) is 0 Å². The van der Waals surface area contributed by atoms with E-state index in [4.69, 9.17) is 9.84 Å². The molecule has 2 aliphatic rings. The highest BCUT2D eigenvalue weighted by atomic mass is 79.9. The van der Waals surface area contributed by atoms with Crippen molar-refractivity contribution in [3.05, 3.63) is 66.9 Å². The lowest BCUT2D eigenvalue weighted by molar-refractivity contribution is -0.136. The van der Waals surface area contributed by atoms with Crippen molar-refractivity contribution in [1.29, 1.82) is 0 Å². The molecule has 0 bridgehead atoms. The number of carbonyl (C=O) groups is 4. The molecule has 0 unspecified atom stereocenters. The maximum Gasteiger partial charge on any atom is 0.335 e. The van der Waals surface area contributed by atoms with Crippen molar-refractivity contribution >= 4 is 72.7 Å². The SMILES string of the molecule is O=C(O)c1ccc(COc2c(Br)cc(/C=C3\SC(=O)N(CC(=O)N4CCCCC4)C3=O)cc2Br)cc1. The van der Waals surface area contributed by atoms with Crippen LogP contribution in [0.1, 0.15) is 40.7 Å². The second-order valence-corrected chi connectivity index (χ2v) is 11.0. The Bertz CT molecular complexity index is 1220. The summed E-state index contributed by atoms with van der Waals surface area (Å²) in [5.41, 5.74) is 1.67. The Labute approximate surface area is 228 Å². The number of hydrogen-bond donors (Lipinski definition) is 1. The van der Waals surface area contributed by atoms with E-state index in [0.29, 0.717) is 33.3 Å². The van der Waals surface area contributed by atoms with Crippen molar-refractivity contribution in [3.8, 4) is 5.75 Å². The molecule has 2 aliphatic heterocycles. The number of halogens is 2. The highest BCUT2D eigenvalue weighted by Crippen LogP contribution is 2.38. The molecule has 0 spiro atoms. The Morgan fingerprint density at radius 1 is 1.03 bits per heavy atom. The van der Waals surface area contributed by atoms with E-state index in [9.17, 15) is 19.2 Å². The summed E-state index contributed by atoms with van der Waals surface area (Å²) in [5, 5.41) is 8.56. The number of likely N-dealkylation sites (tertiary alicyclic amines) is 1. The van der Waals surface area contributed by atoms with Gasteiger partial charge in [0.25, 0.3) is 11.1 Å². The van der Waals surface area contributed by atoms with E-state index >= 15 is 0 Å². The average molecular weight is 638 g/mol. The summed E-state index contributed by atoms with van der Waals surface area (Å²) in [6.07, 6.45) is 4.57. The molecule has 3 amide bonds. The lowest BCUT2D eigenvalue weighted by Crippen LogP contribution is -2.44. The Kier molecular flexibility index (Phi) is 8.53. The van der Waals surface area contributed by atoms with Crippen LogP contribution in [0, 0.1) is 0 Å². The Morgan fingerprint density at radius 3 is 2.28 bits per heavy atom. The van der Waals surface area contributed by atoms with Gasteiger partial charge in [0.1, 0.15) is 18.9 Å². The summed E-state index contributed by atoms with van der Waals surface area (Å²) < 4.78 is 7.16. The maximum atomic E-state index is 12.9. The number of imide groups is 1. The highest BCUT2D eigenvalue weighted by Gasteiger charge is 2.37. The molecular weight excluding hydrogens is 616 g/mol. The molecule has 4 rings (SSSR count). The number of rotatable bonds is 7. The number of benzene rings is 2. The zero-order chi connectivity index (χ0) is 25.8. The summed E-state index contributed by atoms with van der Waals surface area (Å²) in [7, 11) is 0. The minimum Gasteiger partial charge on any atom is -0.487 e. The molecule has 188 valence electrons. The summed E-state index contributed by atoms with van der Waals surface area (Å²) in [6, 6.07) is 9.93. The number of amides is 3. The lowest BCUT2D eigenvalue weighted by Gasteiger charge is -2.27. The minimum atomic E-state index is -0.991. The first-order valence-corrected chi connectivity index (χ1v) is 13.6. The Balaban J connectivity index is 1.43. The van der Waals surface area contributed by atoms with Crippen LogP contribution in [-0.4, -0.2) is 57.6 Å². The molecule has 2 saturated heterocycles. The summed E-state index contributed by atoms with van der Waals surface area (Å²) in [6.45, 7) is 1.31. The molecule has 0 aromatic heterocycles. The summed E-state index contributed by atoms with van der Waals surface area (Å²) in [4.78, 5) is 51.8. The van der Waals surface area contributed by atoms with E-state index in [1.807, 2.05) is 0 Å². The van der Waals surface area contributed by atoms with Crippen LogP contribution in [-0.2, 0) is 16.2 Å². The fourth-order valence-corrected chi connectivity index (χ4v) is 6.16. The average Bonchev–Trinajstić information content (AvgIpc) is 3.11. The zero-order valence-corrected chi connectivity index (χ0v) is 23.0. The molecule has 2 aromatic carbocycles. The summed E-state index contributed by atoms with van der Waals surface area (Å²) in [5.74, 6) is -1.14. The van der Waals surface area contributed by atoms with E-state index < -0.39 is 17.1 Å². The minimum absolute atomic E-state index is 0.200. The normalized spacial score (nSPS) is 17.1. The van der Waals surface area contributed by atoms with Gasteiger partial charge in [0.15, 0.2) is 0 Å².